The van der Waals surface area contributed by atoms with Crippen LogP contribution in [-0.2, 0) is 11.2 Å². The lowest BCUT2D eigenvalue weighted by Crippen LogP contribution is -2.18. The smallest absolute Gasteiger partial charge is 0.388 e. The van der Waals surface area contributed by atoms with E-state index in [0.717, 1.165) is 28.7 Å². The van der Waals surface area contributed by atoms with Crippen LogP contribution in [0.5, 0.6) is 5.88 Å². The van der Waals surface area contributed by atoms with Crippen LogP contribution in [0.4, 0.5) is 18.9 Å². The Bertz CT molecular complexity index is 857. The fourth-order valence-electron chi connectivity index (χ4n) is 2.23. The number of halogens is 3. The van der Waals surface area contributed by atoms with E-state index in [9.17, 15) is 18.0 Å². The summed E-state index contributed by atoms with van der Waals surface area (Å²) in [6, 6.07) is 9.87. The molecule has 0 bridgehead atoms. The van der Waals surface area contributed by atoms with Gasteiger partial charge in [-0.2, -0.15) is 0 Å². The van der Waals surface area contributed by atoms with Gasteiger partial charge < -0.3 is 15.0 Å². The molecule has 0 aliphatic heterocycles. The zero-order valence-electron chi connectivity index (χ0n) is 12.2. The number of hydrogen-bond acceptors (Lipinski definition) is 3. The summed E-state index contributed by atoms with van der Waals surface area (Å²) in [4.78, 5) is 18.6. The second-order valence-electron chi connectivity index (χ2n) is 5.06. The van der Waals surface area contributed by atoms with Crippen LogP contribution in [0.2, 0.25) is 0 Å². The third-order valence-corrected chi connectivity index (χ3v) is 3.22. The summed E-state index contributed by atoms with van der Waals surface area (Å²) in [5.74, 6) is -0.884. The Morgan fingerprint density at radius 1 is 1.21 bits per heavy atom. The summed E-state index contributed by atoms with van der Waals surface area (Å²) in [6.07, 6.45) is -1.75. The predicted octanol–water partition coefficient (Wildman–Crippen LogP) is 3.64. The number of H-pyrrole nitrogens is 1. The molecule has 124 valence electrons. The van der Waals surface area contributed by atoms with E-state index in [1.54, 1.807) is 0 Å². The summed E-state index contributed by atoms with van der Waals surface area (Å²) < 4.78 is 39.8. The van der Waals surface area contributed by atoms with E-state index in [1.807, 2.05) is 30.5 Å². The summed E-state index contributed by atoms with van der Waals surface area (Å²) in [5, 5.41) is 3.62. The number of benzene rings is 1. The molecule has 0 unspecified atom stereocenters. The number of nitrogens with one attached hydrogen (secondary N) is 2. The Morgan fingerprint density at radius 2 is 2.04 bits per heavy atom. The summed E-state index contributed by atoms with van der Waals surface area (Å²) in [7, 11) is 0. The molecule has 24 heavy (non-hydrogen) atoms. The van der Waals surface area contributed by atoms with Gasteiger partial charge in [0.2, 0.25) is 11.8 Å². The van der Waals surface area contributed by atoms with Crippen LogP contribution in [-0.4, -0.2) is 22.2 Å². The Morgan fingerprint density at radius 3 is 2.75 bits per heavy atom. The molecule has 0 saturated carbocycles. The molecular formula is C16H12F3N3O2. The maximum atomic E-state index is 12.0. The van der Waals surface area contributed by atoms with Crippen molar-refractivity contribution in [3.05, 3.63) is 54.4 Å². The fourth-order valence-corrected chi connectivity index (χ4v) is 2.23. The Balaban J connectivity index is 1.61. The standard InChI is InChI=1S/C16H12F3N3O2/c17-16(18,19)24-15-4-3-12(9-21-15)22-14(23)8-10-1-2-11-5-6-20-13(11)7-10/h1-7,9,20H,8H2,(H,22,23). The average Bonchev–Trinajstić information content (AvgIpc) is 2.95. The lowest BCUT2D eigenvalue weighted by molar-refractivity contribution is -0.276. The van der Waals surface area contributed by atoms with Crippen molar-refractivity contribution in [2.75, 3.05) is 5.32 Å². The van der Waals surface area contributed by atoms with Gasteiger partial charge in [-0.25, -0.2) is 4.98 Å². The number of hydrogen-bond donors (Lipinski definition) is 2. The van der Waals surface area contributed by atoms with Crippen molar-refractivity contribution in [3.8, 4) is 5.88 Å². The van der Waals surface area contributed by atoms with Gasteiger partial charge in [-0.3, -0.25) is 4.79 Å². The number of carbonyl (C=O) groups is 1. The monoisotopic (exact) mass is 335 g/mol. The highest BCUT2D eigenvalue weighted by atomic mass is 19.4. The van der Waals surface area contributed by atoms with Gasteiger partial charge in [0.15, 0.2) is 0 Å². The maximum Gasteiger partial charge on any atom is 0.574 e. The van der Waals surface area contributed by atoms with Crippen LogP contribution in [0, 0.1) is 0 Å². The number of rotatable bonds is 4. The molecule has 0 aliphatic rings. The largest absolute Gasteiger partial charge is 0.574 e. The third kappa shape index (κ3) is 4.03. The van der Waals surface area contributed by atoms with Crippen LogP contribution in [0.1, 0.15) is 5.56 Å². The highest BCUT2D eigenvalue weighted by Crippen LogP contribution is 2.21. The molecule has 5 nitrogen and oxygen atoms in total. The molecule has 0 saturated heterocycles. The lowest BCUT2D eigenvalue weighted by atomic mass is 10.1. The Kier molecular flexibility index (Phi) is 4.11. The van der Waals surface area contributed by atoms with Gasteiger partial charge >= 0.3 is 6.36 Å². The second kappa shape index (κ2) is 6.23. The minimum atomic E-state index is -4.80. The van der Waals surface area contributed by atoms with Gasteiger partial charge in [-0.1, -0.05) is 12.1 Å². The summed E-state index contributed by atoms with van der Waals surface area (Å²) in [6.45, 7) is 0. The molecule has 8 heteroatoms. The third-order valence-electron chi connectivity index (χ3n) is 3.22. The van der Waals surface area contributed by atoms with E-state index < -0.39 is 12.2 Å². The molecule has 1 aromatic carbocycles. The normalized spacial score (nSPS) is 11.5. The van der Waals surface area contributed by atoms with Crippen molar-refractivity contribution in [1.29, 1.82) is 0 Å². The number of nitrogens with zero attached hydrogens (tertiary/aromatic N) is 1. The molecule has 3 rings (SSSR count). The number of aromatic amines is 1. The number of carbonyl (C=O) groups excluding carboxylic acids is 1. The molecule has 0 spiro atoms. The molecule has 2 N–H and O–H groups in total. The Labute approximate surface area is 134 Å². The van der Waals surface area contributed by atoms with Gasteiger partial charge in [0.25, 0.3) is 0 Å². The predicted molar refractivity (Wildman–Crippen MR) is 81.6 cm³/mol. The minimum absolute atomic E-state index is 0.135. The van der Waals surface area contributed by atoms with E-state index in [0.29, 0.717) is 0 Å². The first-order valence-electron chi connectivity index (χ1n) is 6.97. The zero-order valence-corrected chi connectivity index (χ0v) is 12.2. The van der Waals surface area contributed by atoms with Crippen molar-refractivity contribution in [2.45, 2.75) is 12.8 Å². The number of fused-ring (bicyclic) bond motifs is 1. The first-order valence-corrected chi connectivity index (χ1v) is 6.97. The molecule has 2 aromatic heterocycles. The Hall–Kier alpha value is -3.03. The molecule has 0 fully saturated rings. The molecule has 1 amide bonds. The lowest BCUT2D eigenvalue weighted by Gasteiger charge is -2.09. The first-order chi connectivity index (χ1) is 11.4. The molecular weight excluding hydrogens is 323 g/mol. The van der Waals surface area contributed by atoms with Crippen LogP contribution in [0.15, 0.2) is 48.8 Å². The number of anilines is 1. The van der Waals surface area contributed by atoms with Gasteiger partial charge in [-0.05, 0) is 29.1 Å². The van der Waals surface area contributed by atoms with Gasteiger partial charge in [0.05, 0.1) is 18.3 Å². The maximum absolute atomic E-state index is 12.0. The molecule has 0 atom stereocenters. The number of amides is 1. The van der Waals surface area contributed by atoms with E-state index in [2.05, 4.69) is 20.0 Å². The van der Waals surface area contributed by atoms with Crippen molar-refractivity contribution < 1.29 is 22.7 Å². The number of aromatic nitrogens is 2. The van der Waals surface area contributed by atoms with Crippen LogP contribution < -0.4 is 10.1 Å². The van der Waals surface area contributed by atoms with E-state index in [1.165, 1.54) is 6.07 Å². The van der Waals surface area contributed by atoms with Crippen molar-refractivity contribution in [1.82, 2.24) is 9.97 Å². The van der Waals surface area contributed by atoms with Gasteiger partial charge in [-0.15, -0.1) is 13.2 Å². The molecule has 0 radical (unpaired) electrons. The fraction of sp³-hybridized carbons (Fsp3) is 0.125. The van der Waals surface area contributed by atoms with Gasteiger partial charge in [0.1, 0.15) is 0 Å². The highest BCUT2D eigenvalue weighted by molar-refractivity contribution is 5.92. The summed E-state index contributed by atoms with van der Waals surface area (Å²) >= 11 is 0. The quantitative estimate of drug-likeness (QED) is 0.765. The minimum Gasteiger partial charge on any atom is -0.388 e. The van der Waals surface area contributed by atoms with E-state index in [-0.39, 0.29) is 18.0 Å². The van der Waals surface area contributed by atoms with E-state index in [4.69, 9.17) is 0 Å². The number of ether oxygens (including phenoxy) is 1. The average molecular weight is 335 g/mol. The van der Waals surface area contributed by atoms with E-state index >= 15 is 0 Å². The van der Waals surface area contributed by atoms with Crippen LogP contribution in [0.3, 0.4) is 0 Å². The van der Waals surface area contributed by atoms with Crippen molar-refractivity contribution in [2.24, 2.45) is 0 Å². The van der Waals surface area contributed by atoms with Crippen molar-refractivity contribution >= 4 is 22.5 Å². The number of pyridine rings is 1. The topological polar surface area (TPSA) is 67.0 Å². The second-order valence-corrected chi connectivity index (χ2v) is 5.06. The van der Waals surface area contributed by atoms with Crippen LogP contribution in [0.25, 0.3) is 10.9 Å². The molecule has 2 heterocycles. The van der Waals surface area contributed by atoms with Gasteiger partial charge in [0, 0.05) is 17.8 Å². The SMILES string of the molecule is O=C(Cc1ccc2cc[nH]c2c1)Nc1ccc(OC(F)(F)F)nc1. The summed E-state index contributed by atoms with van der Waals surface area (Å²) in [5.41, 5.74) is 2.03. The van der Waals surface area contributed by atoms with Crippen LogP contribution >= 0.6 is 0 Å². The first kappa shape index (κ1) is 15.9. The van der Waals surface area contributed by atoms with Crippen molar-refractivity contribution in [3.63, 3.8) is 0 Å². The molecule has 0 aliphatic carbocycles. The highest BCUT2D eigenvalue weighted by Gasteiger charge is 2.31. The molecule has 3 aromatic rings. The number of alkyl halides is 3. The zero-order chi connectivity index (χ0) is 17.2.